The maximum Gasteiger partial charge on any atom is 0.234 e. The van der Waals surface area contributed by atoms with Crippen molar-refractivity contribution in [1.82, 2.24) is 10.2 Å². The van der Waals surface area contributed by atoms with Crippen LogP contribution in [0.25, 0.3) is 11.0 Å². The van der Waals surface area contributed by atoms with E-state index in [1.54, 1.807) is 6.26 Å². The van der Waals surface area contributed by atoms with E-state index in [-0.39, 0.29) is 18.5 Å². The molecule has 2 aromatic heterocycles. The molecule has 0 spiro atoms. The molecule has 0 saturated heterocycles. The molecule has 5 nitrogen and oxygen atoms in total. The fraction of sp³-hybridized carbons (Fsp3) is 0.208. The third-order valence-corrected chi connectivity index (χ3v) is 4.82. The van der Waals surface area contributed by atoms with E-state index in [1.807, 2.05) is 67.6 Å². The van der Waals surface area contributed by atoms with E-state index in [0.29, 0.717) is 13.1 Å². The third-order valence-electron chi connectivity index (χ3n) is 4.82. The molecule has 5 heteroatoms. The molecule has 148 valence electrons. The average molecular weight is 388 g/mol. The normalized spacial score (nSPS) is 12.3. The molecule has 29 heavy (non-hydrogen) atoms. The lowest BCUT2D eigenvalue weighted by atomic mass is 10.2. The van der Waals surface area contributed by atoms with Crippen LogP contribution in [-0.4, -0.2) is 17.4 Å². The van der Waals surface area contributed by atoms with Gasteiger partial charge in [-0.1, -0.05) is 48.5 Å². The molecule has 2 aromatic carbocycles. The number of benzene rings is 2. The Kier molecular flexibility index (Phi) is 5.77. The summed E-state index contributed by atoms with van der Waals surface area (Å²) < 4.78 is 11.4. The van der Waals surface area contributed by atoms with Crippen LogP contribution >= 0.6 is 0 Å². The lowest BCUT2D eigenvalue weighted by Crippen LogP contribution is -2.37. The Bertz CT molecular complexity index is 1020. The molecular weight excluding hydrogens is 364 g/mol. The van der Waals surface area contributed by atoms with Gasteiger partial charge in [0.15, 0.2) is 0 Å². The number of para-hydroxylation sites is 1. The summed E-state index contributed by atoms with van der Waals surface area (Å²) in [4.78, 5) is 14.8. The molecule has 1 unspecified atom stereocenters. The second-order valence-electron chi connectivity index (χ2n) is 7.19. The minimum Gasteiger partial charge on any atom is -0.468 e. The second-order valence-corrected chi connectivity index (χ2v) is 7.19. The summed E-state index contributed by atoms with van der Waals surface area (Å²) in [5, 5.41) is 4.08. The van der Waals surface area contributed by atoms with Crippen molar-refractivity contribution < 1.29 is 13.6 Å². The molecule has 0 aliphatic carbocycles. The van der Waals surface area contributed by atoms with E-state index in [4.69, 9.17) is 8.83 Å². The molecule has 0 bridgehead atoms. The van der Waals surface area contributed by atoms with E-state index in [1.165, 1.54) is 0 Å². The first-order valence-corrected chi connectivity index (χ1v) is 9.74. The molecule has 4 aromatic rings. The molecule has 0 fully saturated rings. The molecule has 0 aliphatic rings. The van der Waals surface area contributed by atoms with Gasteiger partial charge in [-0.2, -0.15) is 0 Å². The summed E-state index contributed by atoms with van der Waals surface area (Å²) in [7, 11) is 0. The number of nitrogens with zero attached hydrogens (tertiary/aromatic N) is 1. The van der Waals surface area contributed by atoms with Gasteiger partial charge in [-0.15, -0.1) is 0 Å². The minimum atomic E-state index is -0.211. The van der Waals surface area contributed by atoms with Crippen LogP contribution in [0.3, 0.4) is 0 Å². The number of hydrogen-bond acceptors (Lipinski definition) is 4. The highest BCUT2D eigenvalue weighted by atomic mass is 16.3. The Hall–Kier alpha value is -3.31. The summed E-state index contributed by atoms with van der Waals surface area (Å²) in [6, 6.07) is 23.5. The van der Waals surface area contributed by atoms with Gasteiger partial charge in [0.25, 0.3) is 0 Å². The van der Waals surface area contributed by atoms with E-state index < -0.39 is 0 Å². The van der Waals surface area contributed by atoms with E-state index in [0.717, 1.165) is 28.1 Å². The summed E-state index contributed by atoms with van der Waals surface area (Å²) in [6.45, 7) is 3.42. The number of carbonyl (C=O) groups excluding carboxylic acids is 1. The maximum absolute atomic E-state index is 12.7. The number of hydrogen-bond donors (Lipinski definition) is 1. The first kappa shape index (κ1) is 19.0. The van der Waals surface area contributed by atoms with Crippen LogP contribution in [0.4, 0.5) is 0 Å². The predicted octanol–water partition coefficient (Wildman–Crippen LogP) is 4.91. The maximum atomic E-state index is 12.7. The summed E-state index contributed by atoms with van der Waals surface area (Å²) in [5.41, 5.74) is 1.98. The Morgan fingerprint density at radius 2 is 1.79 bits per heavy atom. The van der Waals surface area contributed by atoms with Crippen LogP contribution < -0.4 is 5.32 Å². The largest absolute Gasteiger partial charge is 0.468 e. The Labute approximate surface area is 169 Å². The third kappa shape index (κ3) is 4.95. The van der Waals surface area contributed by atoms with Gasteiger partial charge in [0.05, 0.1) is 25.4 Å². The van der Waals surface area contributed by atoms with E-state index >= 15 is 0 Å². The van der Waals surface area contributed by atoms with Crippen LogP contribution in [0.1, 0.15) is 30.0 Å². The average Bonchev–Trinajstić information content (AvgIpc) is 3.38. The van der Waals surface area contributed by atoms with Gasteiger partial charge in [-0.05, 0) is 36.8 Å². The first-order valence-electron chi connectivity index (χ1n) is 9.74. The molecule has 1 atom stereocenters. The van der Waals surface area contributed by atoms with Crippen LogP contribution in [-0.2, 0) is 17.9 Å². The van der Waals surface area contributed by atoms with Crippen LogP contribution in [0, 0.1) is 0 Å². The fourth-order valence-corrected chi connectivity index (χ4v) is 3.41. The van der Waals surface area contributed by atoms with Crippen molar-refractivity contribution >= 4 is 16.9 Å². The van der Waals surface area contributed by atoms with Crippen molar-refractivity contribution in [3.8, 4) is 0 Å². The highest BCUT2D eigenvalue weighted by molar-refractivity contribution is 5.80. The highest BCUT2D eigenvalue weighted by Crippen LogP contribution is 2.23. The predicted molar refractivity (Wildman–Crippen MR) is 112 cm³/mol. The molecule has 0 aliphatic heterocycles. The quantitative estimate of drug-likeness (QED) is 0.466. The van der Waals surface area contributed by atoms with Crippen molar-refractivity contribution in [3.05, 3.63) is 96.1 Å². The van der Waals surface area contributed by atoms with Crippen LogP contribution in [0.5, 0.6) is 0 Å². The zero-order valence-corrected chi connectivity index (χ0v) is 16.4. The Morgan fingerprint density at radius 1 is 1.00 bits per heavy atom. The summed E-state index contributed by atoms with van der Waals surface area (Å²) >= 11 is 0. The standard InChI is InChI=1S/C24H24N2O3/c1-18(23-14-20-10-5-6-12-22(20)29-23)25-24(27)17-26(16-21-11-7-13-28-21)15-19-8-3-2-4-9-19/h2-14,18H,15-17H2,1H3,(H,25,27). The number of nitrogens with one attached hydrogen (secondary N) is 1. The van der Waals surface area contributed by atoms with Crippen molar-refractivity contribution in [1.29, 1.82) is 0 Å². The smallest absolute Gasteiger partial charge is 0.234 e. The minimum absolute atomic E-state index is 0.0551. The topological polar surface area (TPSA) is 58.6 Å². The Balaban J connectivity index is 1.42. The van der Waals surface area contributed by atoms with Crippen molar-refractivity contribution in [3.63, 3.8) is 0 Å². The van der Waals surface area contributed by atoms with Gasteiger partial charge in [-0.3, -0.25) is 9.69 Å². The number of fused-ring (bicyclic) bond motifs is 1. The SMILES string of the molecule is CC(NC(=O)CN(Cc1ccccc1)Cc1ccco1)c1cc2ccccc2o1. The van der Waals surface area contributed by atoms with Crippen LogP contribution in [0.15, 0.2) is 87.9 Å². The number of furan rings is 2. The molecular formula is C24H24N2O3. The van der Waals surface area contributed by atoms with Gasteiger partial charge >= 0.3 is 0 Å². The van der Waals surface area contributed by atoms with Gasteiger partial charge in [0, 0.05) is 11.9 Å². The molecule has 4 rings (SSSR count). The summed E-state index contributed by atoms with van der Waals surface area (Å²) in [5.74, 6) is 1.53. The van der Waals surface area contributed by atoms with E-state index in [9.17, 15) is 4.79 Å². The van der Waals surface area contributed by atoms with Gasteiger partial charge in [0.1, 0.15) is 17.1 Å². The van der Waals surface area contributed by atoms with Gasteiger partial charge < -0.3 is 14.2 Å². The lowest BCUT2D eigenvalue weighted by molar-refractivity contribution is -0.123. The van der Waals surface area contributed by atoms with Crippen LogP contribution in [0.2, 0.25) is 0 Å². The van der Waals surface area contributed by atoms with Crippen molar-refractivity contribution in [2.24, 2.45) is 0 Å². The highest BCUT2D eigenvalue weighted by Gasteiger charge is 2.18. The van der Waals surface area contributed by atoms with Crippen molar-refractivity contribution in [2.75, 3.05) is 6.54 Å². The van der Waals surface area contributed by atoms with E-state index in [2.05, 4.69) is 22.3 Å². The molecule has 0 radical (unpaired) electrons. The van der Waals surface area contributed by atoms with Gasteiger partial charge in [0.2, 0.25) is 5.91 Å². The fourth-order valence-electron chi connectivity index (χ4n) is 3.41. The molecule has 0 saturated carbocycles. The molecule has 2 heterocycles. The zero-order valence-electron chi connectivity index (χ0n) is 16.4. The first-order chi connectivity index (χ1) is 14.2. The summed E-state index contributed by atoms with van der Waals surface area (Å²) in [6.07, 6.45) is 1.65. The Morgan fingerprint density at radius 3 is 2.55 bits per heavy atom. The monoisotopic (exact) mass is 388 g/mol. The second kappa shape index (κ2) is 8.80. The number of amides is 1. The van der Waals surface area contributed by atoms with Crippen molar-refractivity contribution in [2.45, 2.75) is 26.1 Å². The molecule has 1 amide bonds. The number of rotatable bonds is 8. The zero-order chi connectivity index (χ0) is 20.1. The lowest BCUT2D eigenvalue weighted by Gasteiger charge is -2.22. The number of carbonyl (C=O) groups is 1. The molecule has 1 N–H and O–H groups in total. The van der Waals surface area contributed by atoms with Gasteiger partial charge in [-0.25, -0.2) is 0 Å².